The molecule has 1 unspecified atom stereocenters. The summed E-state index contributed by atoms with van der Waals surface area (Å²) in [6, 6.07) is 0. The van der Waals surface area contributed by atoms with Gasteiger partial charge in [0.2, 0.25) is 0 Å². The van der Waals surface area contributed by atoms with Crippen LogP contribution in [0, 0.1) is 5.92 Å². The van der Waals surface area contributed by atoms with Crippen LogP contribution in [-0.4, -0.2) is 18.5 Å². The fourth-order valence-corrected chi connectivity index (χ4v) is 1.88. The van der Waals surface area contributed by atoms with Crippen molar-refractivity contribution < 1.29 is 8.78 Å². The third kappa shape index (κ3) is 2.63. The molecule has 1 aliphatic rings. The second-order valence-electron chi connectivity index (χ2n) is 4.42. The molecule has 0 spiro atoms. The number of hydrogen-bond donors (Lipinski definition) is 1. The summed E-state index contributed by atoms with van der Waals surface area (Å²) in [7, 11) is 0. The van der Waals surface area contributed by atoms with Crippen LogP contribution in [0.25, 0.3) is 0 Å². The molecule has 1 saturated heterocycles. The van der Waals surface area contributed by atoms with Crippen molar-refractivity contribution in [2.24, 2.45) is 5.92 Å². The largest absolute Gasteiger partial charge is 0.306 e. The standard InChI is InChI=1S/C10H19F2N/c1-8(2)4-6-10(9(11)12)5-3-7-13-10/h8-9,13H,3-7H2,1-2H3. The van der Waals surface area contributed by atoms with Crippen molar-refractivity contribution in [3.63, 3.8) is 0 Å². The van der Waals surface area contributed by atoms with E-state index in [1.165, 1.54) is 0 Å². The summed E-state index contributed by atoms with van der Waals surface area (Å²) < 4.78 is 25.6. The lowest BCUT2D eigenvalue weighted by Gasteiger charge is -2.29. The van der Waals surface area contributed by atoms with Gasteiger partial charge < -0.3 is 5.32 Å². The minimum absolute atomic E-state index is 0.512. The molecule has 1 rings (SSSR count). The zero-order valence-electron chi connectivity index (χ0n) is 8.45. The monoisotopic (exact) mass is 191 g/mol. The van der Waals surface area contributed by atoms with Gasteiger partial charge >= 0.3 is 0 Å². The molecule has 1 fully saturated rings. The van der Waals surface area contributed by atoms with Crippen molar-refractivity contribution in [1.82, 2.24) is 5.32 Å². The normalized spacial score (nSPS) is 29.1. The third-order valence-electron chi connectivity index (χ3n) is 2.86. The van der Waals surface area contributed by atoms with E-state index in [2.05, 4.69) is 19.2 Å². The summed E-state index contributed by atoms with van der Waals surface area (Å²) in [5, 5.41) is 2.97. The molecule has 0 aliphatic carbocycles. The molecular weight excluding hydrogens is 172 g/mol. The molecule has 1 heterocycles. The minimum atomic E-state index is -2.21. The van der Waals surface area contributed by atoms with Gasteiger partial charge in [-0.3, -0.25) is 0 Å². The van der Waals surface area contributed by atoms with Gasteiger partial charge in [-0.15, -0.1) is 0 Å². The number of alkyl halides is 2. The maximum Gasteiger partial charge on any atom is 0.256 e. The smallest absolute Gasteiger partial charge is 0.256 e. The molecule has 1 N–H and O–H groups in total. The molecule has 0 radical (unpaired) electrons. The van der Waals surface area contributed by atoms with E-state index in [1.807, 2.05) is 0 Å². The molecule has 78 valence electrons. The van der Waals surface area contributed by atoms with E-state index in [0.717, 1.165) is 19.4 Å². The van der Waals surface area contributed by atoms with Crippen LogP contribution in [0.2, 0.25) is 0 Å². The van der Waals surface area contributed by atoms with Crippen molar-refractivity contribution in [1.29, 1.82) is 0 Å². The molecule has 0 saturated carbocycles. The van der Waals surface area contributed by atoms with Crippen LogP contribution in [0.5, 0.6) is 0 Å². The first-order valence-electron chi connectivity index (χ1n) is 5.10. The van der Waals surface area contributed by atoms with E-state index in [9.17, 15) is 8.78 Å². The predicted molar refractivity (Wildman–Crippen MR) is 50.0 cm³/mol. The zero-order chi connectivity index (χ0) is 9.90. The van der Waals surface area contributed by atoms with Gasteiger partial charge in [0.1, 0.15) is 0 Å². The molecule has 13 heavy (non-hydrogen) atoms. The predicted octanol–water partition coefficient (Wildman–Crippen LogP) is 2.81. The molecule has 0 amide bonds. The Balaban J connectivity index is 2.47. The van der Waals surface area contributed by atoms with E-state index >= 15 is 0 Å². The lowest BCUT2D eigenvalue weighted by molar-refractivity contribution is 0.0328. The van der Waals surface area contributed by atoms with E-state index in [4.69, 9.17) is 0 Å². The number of halogens is 2. The maximum atomic E-state index is 12.8. The van der Waals surface area contributed by atoms with Gasteiger partial charge in [0.15, 0.2) is 0 Å². The van der Waals surface area contributed by atoms with Crippen LogP contribution in [0.3, 0.4) is 0 Å². The summed E-state index contributed by atoms with van der Waals surface area (Å²) in [6.45, 7) is 4.91. The second kappa shape index (κ2) is 4.36. The van der Waals surface area contributed by atoms with E-state index in [0.29, 0.717) is 18.8 Å². The first-order chi connectivity index (χ1) is 6.07. The van der Waals surface area contributed by atoms with Gasteiger partial charge in [0.05, 0.1) is 5.54 Å². The first kappa shape index (κ1) is 10.9. The Labute approximate surface area is 78.9 Å². The fraction of sp³-hybridized carbons (Fsp3) is 1.00. The number of rotatable bonds is 4. The van der Waals surface area contributed by atoms with Crippen molar-refractivity contribution in [2.75, 3.05) is 6.54 Å². The Morgan fingerprint density at radius 3 is 2.46 bits per heavy atom. The van der Waals surface area contributed by atoms with Crippen LogP contribution < -0.4 is 5.32 Å². The van der Waals surface area contributed by atoms with Crippen LogP contribution >= 0.6 is 0 Å². The highest BCUT2D eigenvalue weighted by Crippen LogP contribution is 2.32. The molecule has 0 aromatic heterocycles. The Hall–Kier alpha value is -0.180. The topological polar surface area (TPSA) is 12.0 Å². The average molecular weight is 191 g/mol. The van der Waals surface area contributed by atoms with E-state index in [1.54, 1.807) is 0 Å². The van der Waals surface area contributed by atoms with Crippen molar-refractivity contribution in [2.45, 2.75) is 51.5 Å². The van der Waals surface area contributed by atoms with Gasteiger partial charge in [0, 0.05) is 0 Å². The Morgan fingerprint density at radius 1 is 1.38 bits per heavy atom. The zero-order valence-corrected chi connectivity index (χ0v) is 8.45. The molecule has 0 aromatic carbocycles. The average Bonchev–Trinajstić information content (AvgIpc) is 2.50. The SMILES string of the molecule is CC(C)CCC1(C(F)F)CCCN1. The molecule has 3 heteroatoms. The van der Waals surface area contributed by atoms with Crippen LogP contribution in [0.1, 0.15) is 39.5 Å². The van der Waals surface area contributed by atoms with Crippen molar-refractivity contribution in [3.05, 3.63) is 0 Å². The van der Waals surface area contributed by atoms with E-state index in [-0.39, 0.29) is 0 Å². The molecule has 1 nitrogen and oxygen atoms in total. The first-order valence-corrected chi connectivity index (χ1v) is 5.10. The summed E-state index contributed by atoms with van der Waals surface area (Å²) in [4.78, 5) is 0. The number of nitrogens with one attached hydrogen (secondary N) is 1. The lowest BCUT2D eigenvalue weighted by Crippen LogP contribution is -2.46. The minimum Gasteiger partial charge on any atom is -0.306 e. The highest BCUT2D eigenvalue weighted by molar-refractivity contribution is 4.95. The van der Waals surface area contributed by atoms with Crippen LogP contribution in [-0.2, 0) is 0 Å². The van der Waals surface area contributed by atoms with E-state index < -0.39 is 12.0 Å². The lowest BCUT2D eigenvalue weighted by atomic mass is 9.89. The quantitative estimate of drug-likeness (QED) is 0.720. The molecule has 1 aliphatic heterocycles. The Bertz CT molecular complexity index is 151. The van der Waals surface area contributed by atoms with Gasteiger partial charge in [-0.25, -0.2) is 8.78 Å². The molecule has 1 atom stereocenters. The van der Waals surface area contributed by atoms with Crippen LogP contribution in [0.15, 0.2) is 0 Å². The fourth-order valence-electron chi connectivity index (χ4n) is 1.88. The van der Waals surface area contributed by atoms with Gasteiger partial charge in [0.25, 0.3) is 6.43 Å². The van der Waals surface area contributed by atoms with Gasteiger partial charge in [-0.05, 0) is 38.1 Å². The summed E-state index contributed by atoms with van der Waals surface area (Å²) >= 11 is 0. The number of hydrogen-bond acceptors (Lipinski definition) is 1. The molecular formula is C10H19F2N. The highest BCUT2D eigenvalue weighted by atomic mass is 19.3. The second-order valence-corrected chi connectivity index (χ2v) is 4.42. The Morgan fingerprint density at radius 2 is 2.08 bits per heavy atom. The third-order valence-corrected chi connectivity index (χ3v) is 2.86. The Kier molecular flexibility index (Phi) is 3.65. The summed E-state index contributed by atoms with van der Waals surface area (Å²) in [5.74, 6) is 0.512. The maximum absolute atomic E-state index is 12.8. The van der Waals surface area contributed by atoms with Crippen molar-refractivity contribution in [3.8, 4) is 0 Å². The summed E-state index contributed by atoms with van der Waals surface area (Å²) in [6.07, 6.45) is 0.813. The summed E-state index contributed by atoms with van der Waals surface area (Å²) in [5.41, 5.74) is -0.857. The van der Waals surface area contributed by atoms with Crippen LogP contribution in [0.4, 0.5) is 8.78 Å². The van der Waals surface area contributed by atoms with Crippen molar-refractivity contribution >= 4 is 0 Å². The van der Waals surface area contributed by atoms with Gasteiger partial charge in [-0.1, -0.05) is 13.8 Å². The molecule has 0 bridgehead atoms. The van der Waals surface area contributed by atoms with Gasteiger partial charge in [-0.2, -0.15) is 0 Å². The highest BCUT2D eigenvalue weighted by Gasteiger charge is 2.41. The molecule has 0 aromatic rings.